The van der Waals surface area contributed by atoms with Crippen LogP contribution in [0.25, 0.3) is 0 Å². The Kier molecular flexibility index (Phi) is 3.92. The number of rotatable bonds is 4. The van der Waals surface area contributed by atoms with Gasteiger partial charge >= 0.3 is 0 Å². The van der Waals surface area contributed by atoms with Gasteiger partial charge in [-0.1, -0.05) is 6.07 Å². The van der Waals surface area contributed by atoms with E-state index in [0.717, 1.165) is 5.56 Å². The quantitative estimate of drug-likeness (QED) is 0.617. The number of nitro benzene ring substituents is 1. The maximum atomic E-state index is 12.1. The van der Waals surface area contributed by atoms with E-state index in [1.165, 1.54) is 0 Å². The van der Waals surface area contributed by atoms with Crippen LogP contribution in [0.2, 0.25) is 0 Å². The third kappa shape index (κ3) is 2.68. The third-order valence-corrected chi connectivity index (χ3v) is 4.14. The van der Waals surface area contributed by atoms with Crippen molar-refractivity contribution in [1.82, 2.24) is 19.7 Å². The standard InChI is InChI=1S/C15H18N6O3/c1-10-4-5-11(12(8-10)21(23)24)19(3)9-13-16-17-14-15(22)18(2)6-7-20(13)14/h4-5,8H,6-7,9H2,1-3H3. The fourth-order valence-corrected chi connectivity index (χ4v) is 2.77. The minimum atomic E-state index is -0.392. The van der Waals surface area contributed by atoms with Crippen LogP contribution in [-0.2, 0) is 13.1 Å². The average Bonchev–Trinajstić information content (AvgIpc) is 2.94. The molecule has 0 aliphatic carbocycles. The van der Waals surface area contributed by atoms with Crippen LogP contribution in [0, 0.1) is 17.0 Å². The number of carbonyl (C=O) groups is 1. The molecule has 126 valence electrons. The number of amides is 1. The second-order valence-corrected chi connectivity index (χ2v) is 5.92. The number of nitro groups is 1. The van der Waals surface area contributed by atoms with E-state index >= 15 is 0 Å². The van der Waals surface area contributed by atoms with Crippen LogP contribution < -0.4 is 4.90 Å². The normalized spacial score (nSPS) is 13.8. The molecule has 0 spiro atoms. The van der Waals surface area contributed by atoms with E-state index in [0.29, 0.717) is 37.0 Å². The van der Waals surface area contributed by atoms with Gasteiger partial charge in [0.05, 0.1) is 11.5 Å². The number of fused-ring (bicyclic) bond motifs is 1. The van der Waals surface area contributed by atoms with Crippen molar-refractivity contribution >= 4 is 17.3 Å². The lowest BCUT2D eigenvalue weighted by Crippen LogP contribution is -2.38. The third-order valence-electron chi connectivity index (χ3n) is 4.14. The van der Waals surface area contributed by atoms with Crippen LogP contribution in [0.1, 0.15) is 22.0 Å². The minimum Gasteiger partial charge on any atom is -0.361 e. The lowest BCUT2D eigenvalue weighted by Gasteiger charge is -2.25. The van der Waals surface area contributed by atoms with E-state index in [9.17, 15) is 14.9 Å². The highest BCUT2D eigenvalue weighted by atomic mass is 16.6. The summed E-state index contributed by atoms with van der Waals surface area (Å²) in [6.07, 6.45) is 0. The van der Waals surface area contributed by atoms with E-state index in [2.05, 4.69) is 10.2 Å². The van der Waals surface area contributed by atoms with Gasteiger partial charge in [-0.25, -0.2) is 0 Å². The molecule has 0 N–H and O–H groups in total. The van der Waals surface area contributed by atoms with E-state index in [4.69, 9.17) is 0 Å². The summed E-state index contributed by atoms with van der Waals surface area (Å²) in [4.78, 5) is 26.3. The van der Waals surface area contributed by atoms with Gasteiger partial charge in [0.1, 0.15) is 5.69 Å². The Hall–Kier alpha value is -2.97. The number of hydrogen-bond acceptors (Lipinski definition) is 6. The molecule has 2 heterocycles. The Labute approximate surface area is 138 Å². The van der Waals surface area contributed by atoms with Crippen molar-refractivity contribution in [2.75, 3.05) is 25.5 Å². The smallest absolute Gasteiger partial charge is 0.292 e. The number of benzene rings is 1. The van der Waals surface area contributed by atoms with Gasteiger partial charge < -0.3 is 14.4 Å². The Morgan fingerprint density at radius 2 is 2.08 bits per heavy atom. The van der Waals surface area contributed by atoms with Crippen molar-refractivity contribution in [2.24, 2.45) is 0 Å². The van der Waals surface area contributed by atoms with Gasteiger partial charge in [0.2, 0.25) is 5.82 Å². The topological polar surface area (TPSA) is 97.4 Å². The van der Waals surface area contributed by atoms with Gasteiger partial charge in [0.15, 0.2) is 5.82 Å². The average molecular weight is 330 g/mol. The molecule has 0 bridgehead atoms. The van der Waals surface area contributed by atoms with Crippen LogP contribution in [0.15, 0.2) is 18.2 Å². The van der Waals surface area contributed by atoms with Gasteiger partial charge in [-0.3, -0.25) is 14.9 Å². The van der Waals surface area contributed by atoms with Crippen molar-refractivity contribution < 1.29 is 9.72 Å². The molecule has 2 aromatic rings. The van der Waals surface area contributed by atoms with Crippen molar-refractivity contribution in [2.45, 2.75) is 20.0 Å². The summed E-state index contributed by atoms with van der Waals surface area (Å²) in [6, 6.07) is 5.10. The van der Waals surface area contributed by atoms with Crippen LogP contribution in [-0.4, -0.2) is 51.1 Å². The summed E-state index contributed by atoms with van der Waals surface area (Å²) in [5.74, 6) is 0.762. The molecule has 1 aromatic carbocycles. The zero-order valence-electron chi connectivity index (χ0n) is 13.8. The molecule has 0 saturated carbocycles. The molecule has 0 atom stereocenters. The maximum Gasteiger partial charge on any atom is 0.292 e. The molecule has 0 radical (unpaired) electrons. The van der Waals surface area contributed by atoms with Crippen LogP contribution in [0.4, 0.5) is 11.4 Å². The van der Waals surface area contributed by atoms with Crippen molar-refractivity contribution in [3.8, 4) is 0 Å². The molecule has 9 heteroatoms. The summed E-state index contributed by atoms with van der Waals surface area (Å²) in [6.45, 7) is 3.34. The highest BCUT2D eigenvalue weighted by Crippen LogP contribution is 2.29. The molecule has 3 rings (SSSR count). The molecular weight excluding hydrogens is 312 g/mol. The summed E-state index contributed by atoms with van der Waals surface area (Å²) in [7, 11) is 3.48. The molecule has 0 unspecified atom stereocenters. The van der Waals surface area contributed by atoms with Gasteiger partial charge in [0, 0.05) is 33.3 Å². The van der Waals surface area contributed by atoms with Gasteiger partial charge in [-0.05, 0) is 18.6 Å². The Morgan fingerprint density at radius 1 is 1.33 bits per heavy atom. The summed E-state index contributed by atoms with van der Waals surface area (Å²) in [5, 5.41) is 19.4. The van der Waals surface area contributed by atoms with Crippen molar-refractivity contribution in [3.05, 3.63) is 45.5 Å². The lowest BCUT2D eigenvalue weighted by atomic mass is 10.2. The van der Waals surface area contributed by atoms with Crippen LogP contribution >= 0.6 is 0 Å². The number of nitrogens with zero attached hydrogens (tertiary/aromatic N) is 6. The lowest BCUT2D eigenvalue weighted by molar-refractivity contribution is -0.384. The molecule has 1 aromatic heterocycles. The van der Waals surface area contributed by atoms with Crippen LogP contribution in [0.3, 0.4) is 0 Å². The van der Waals surface area contributed by atoms with E-state index in [1.807, 2.05) is 13.0 Å². The largest absolute Gasteiger partial charge is 0.361 e. The summed E-state index contributed by atoms with van der Waals surface area (Å²) in [5.41, 5.74) is 1.38. The predicted octanol–water partition coefficient (Wildman–Crippen LogP) is 1.22. The first-order valence-corrected chi connectivity index (χ1v) is 7.52. The highest BCUT2D eigenvalue weighted by Gasteiger charge is 2.27. The second kappa shape index (κ2) is 5.91. The number of anilines is 1. The Balaban J connectivity index is 1.89. The van der Waals surface area contributed by atoms with Crippen molar-refractivity contribution in [3.63, 3.8) is 0 Å². The van der Waals surface area contributed by atoms with Gasteiger partial charge in [-0.15, -0.1) is 10.2 Å². The summed E-state index contributed by atoms with van der Waals surface area (Å²) < 4.78 is 1.78. The Bertz CT molecular complexity index is 816. The molecule has 24 heavy (non-hydrogen) atoms. The van der Waals surface area contributed by atoms with Crippen molar-refractivity contribution in [1.29, 1.82) is 0 Å². The second-order valence-electron chi connectivity index (χ2n) is 5.92. The summed E-state index contributed by atoms with van der Waals surface area (Å²) >= 11 is 0. The number of aromatic nitrogens is 3. The van der Waals surface area contributed by atoms with Crippen LogP contribution in [0.5, 0.6) is 0 Å². The highest BCUT2D eigenvalue weighted by molar-refractivity contribution is 5.91. The maximum absolute atomic E-state index is 12.1. The predicted molar refractivity (Wildman–Crippen MR) is 86.9 cm³/mol. The van der Waals surface area contributed by atoms with E-state index < -0.39 is 4.92 Å². The zero-order chi connectivity index (χ0) is 17.4. The zero-order valence-corrected chi connectivity index (χ0v) is 13.8. The first-order chi connectivity index (χ1) is 11.4. The molecule has 1 amide bonds. The fourth-order valence-electron chi connectivity index (χ4n) is 2.77. The number of aryl methyl sites for hydroxylation is 1. The molecule has 0 fully saturated rings. The van der Waals surface area contributed by atoms with Gasteiger partial charge in [0.25, 0.3) is 11.6 Å². The fraction of sp³-hybridized carbons (Fsp3) is 0.400. The number of likely N-dealkylation sites (N-methyl/N-ethyl adjacent to an activating group) is 1. The van der Waals surface area contributed by atoms with Gasteiger partial charge in [-0.2, -0.15) is 0 Å². The molecular formula is C15H18N6O3. The molecule has 1 aliphatic heterocycles. The molecule has 0 saturated heterocycles. The number of hydrogen-bond donors (Lipinski definition) is 0. The molecule has 9 nitrogen and oxygen atoms in total. The first-order valence-electron chi connectivity index (χ1n) is 7.52. The minimum absolute atomic E-state index is 0.0479. The number of carbonyl (C=O) groups excluding carboxylic acids is 1. The molecule has 1 aliphatic rings. The van der Waals surface area contributed by atoms with E-state index in [1.54, 1.807) is 40.6 Å². The van der Waals surface area contributed by atoms with E-state index in [-0.39, 0.29) is 11.6 Å². The SMILES string of the molecule is Cc1ccc(N(C)Cc2nnc3n2CCN(C)C3=O)c([N+](=O)[O-])c1. The monoisotopic (exact) mass is 330 g/mol. The Morgan fingerprint density at radius 3 is 2.79 bits per heavy atom. The first kappa shape index (κ1) is 15.9.